The van der Waals surface area contributed by atoms with Crippen LogP contribution in [0.15, 0.2) is 78.4 Å². The van der Waals surface area contributed by atoms with Gasteiger partial charge < -0.3 is 14.6 Å². The topological polar surface area (TPSA) is 99.9 Å². The summed E-state index contributed by atoms with van der Waals surface area (Å²) in [5.74, 6) is -1.01. The number of hydrogen-bond acceptors (Lipinski definition) is 6. The van der Waals surface area contributed by atoms with E-state index >= 15 is 0 Å². The highest BCUT2D eigenvalue weighted by Crippen LogP contribution is 2.43. The molecule has 1 unspecified atom stereocenters. The van der Waals surface area contributed by atoms with Crippen molar-refractivity contribution in [1.82, 2.24) is 0 Å². The zero-order chi connectivity index (χ0) is 25.1. The molecule has 1 saturated heterocycles. The van der Waals surface area contributed by atoms with Crippen LogP contribution in [0, 0.1) is 11.3 Å². The number of hydrogen-bond donors (Lipinski definition) is 1. The SMILES string of the molecule is COc1ccccc1/C(O)=C1/C(=O)C(=O)N(c2ccc(C#N)cc2)C1c1cccc(OC(C)C)c1. The van der Waals surface area contributed by atoms with Crippen molar-refractivity contribution in [3.05, 3.63) is 95.1 Å². The lowest BCUT2D eigenvalue weighted by molar-refractivity contribution is -0.132. The summed E-state index contributed by atoms with van der Waals surface area (Å²) in [5.41, 5.74) is 1.66. The molecule has 0 bridgehead atoms. The van der Waals surface area contributed by atoms with Gasteiger partial charge in [-0.1, -0.05) is 24.3 Å². The number of carbonyl (C=O) groups is 2. The molecule has 4 rings (SSSR count). The number of benzene rings is 3. The molecule has 1 fully saturated rings. The molecule has 1 aliphatic heterocycles. The van der Waals surface area contributed by atoms with E-state index in [0.717, 1.165) is 0 Å². The van der Waals surface area contributed by atoms with Gasteiger partial charge in [-0.15, -0.1) is 0 Å². The number of anilines is 1. The quantitative estimate of drug-likeness (QED) is 0.311. The molecule has 1 aliphatic rings. The van der Waals surface area contributed by atoms with Crippen LogP contribution in [0.2, 0.25) is 0 Å². The predicted octanol–water partition coefficient (Wildman–Crippen LogP) is 4.98. The molecule has 0 spiro atoms. The summed E-state index contributed by atoms with van der Waals surface area (Å²) in [4.78, 5) is 28.0. The van der Waals surface area contributed by atoms with Crippen molar-refractivity contribution >= 4 is 23.1 Å². The smallest absolute Gasteiger partial charge is 0.300 e. The fraction of sp³-hybridized carbons (Fsp3) is 0.179. The summed E-state index contributed by atoms with van der Waals surface area (Å²) in [6.07, 6.45) is -0.0799. The summed E-state index contributed by atoms with van der Waals surface area (Å²) in [6.45, 7) is 3.80. The first-order valence-corrected chi connectivity index (χ1v) is 11.1. The third-order valence-electron chi connectivity index (χ3n) is 5.63. The maximum atomic E-state index is 13.3. The molecule has 0 aromatic heterocycles. The van der Waals surface area contributed by atoms with E-state index in [0.29, 0.717) is 33.9 Å². The Kier molecular flexibility index (Phi) is 6.56. The first-order valence-electron chi connectivity index (χ1n) is 11.1. The fourth-order valence-electron chi connectivity index (χ4n) is 4.13. The normalized spacial score (nSPS) is 16.9. The number of aliphatic hydroxyl groups excluding tert-OH is 1. The maximum Gasteiger partial charge on any atom is 0.300 e. The zero-order valence-electron chi connectivity index (χ0n) is 19.6. The van der Waals surface area contributed by atoms with Gasteiger partial charge in [-0.05, 0) is 67.9 Å². The molecule has 176 valence electrons. The molecule has 1 amide bonds. The van der Waals surface area contributed by atoms with Crippen LogP contribution in [0.25, 0.3) is 5.76 Å². The number of rotatable bonds is 6. The molecule has 1 heterocycles. The molecule has 0 aliphatic carbocycles. The van der Waals surface area contributed by atoms with Crippen molar-refractivity contribution < 1.29 is 24.2 Å². The van der Waals surface area contributed by atoms with Gasteiger partial charge in [-0.3, -0.25) is 14.5 Å². The van der Waals surface area contributed by atoms with Crippen molar-refractivity contribution in [3.8, 4) is 17.6 Å². The fourth-order valence-corrected chi connectivity index (χ4v) is 4.13. The van der Waals surface area contributed by atoms with Crippen molar-refractivity contribution in [2.45, 2.75) is 26.0 Å². The van der Waals surface area contributed by atoms with Gasteiger partial charge in [0, 0.05) is 5.69 Å². The Morgan fingerprint density at radius 2 is 1.74 bits per heavy atom. The van der Waals surface area contributed by atoms with E-state index in [2.05, 4.69) is 0 Å². The van der Waals surface area contributed by atoms with Gasteiger partial charge in [-0.25, -0.2) is 0 Å². The lowest BCUT2D eigenvalue weighted by atomic mass is 9.94. The van der Waals surface area contributed by atoms with Crippen LogP contribution >= 0.6 is 0 Å². The molecule has 0 radical (unpaired) electrons. The lowest BCUT2D eigenvalue weighted by Gasteiger charge is -2.26. The Balaban J connectivity index is 1.95. The number of nitriles is 1. The zero-order valence-corrected chi connectivity index (χ0v) is 19.6. The summed E-state index contributed by atoms with van der Waals surface area (Å²) in [6, 6.07) is 21.3. The number of methoxy groups -OCH3 is 1. The molecule has 7 heteroatoms. The second kappa shape index (κ2) is 9.74. The third kappa shape index (κ3) is 4.46. The highest BCUT2D eigenvalue weighted by molar-refractivity contribution is 6.51. The van der Waals surface area contributed by atoms with Crippen molar-refractivity contribution in [2.75, 3.05) is 12.0 Å². The van der Waals surface area contributed by atoms with Gasteiger partial charge in [0.05, 0.1) is 42.0 Å². The standard InChI is InChI=1S/C28H24N2O5/c1-17(2)35-21-8-6-7-19(15-21)25-24(26(31)22-9-4-5-10-23(22)34-3)27(32)28(33)30(25)20-13-11-18(16-29)12-14-20/h4-15,17,25,31H,1-3H3/b26-24-. The Morgan fingerprint density at radius 3 is 2.40 bits per heavy atom. The number of ketones is 1. The van der Waals surface area contributed by atoms with Crippen LogP contribution in [0.5, 0.6) is 11.5 Å². The summed E-state index contributed by atoms with van der Waals surface area (Å²) >= 11 is 0. The minimum Gasteiger partial charge on any atom is -0.507 e. The summed E-state index contributed by atoms with van der Waals surface area (Å²) in [5, 5.41) is 20.5. The minimum absolute atomic E-state index is 0.0643. The van der Waals surface area contributed by atoms with Gasteiger partial charge in [-0.2, -0.15) is 5.26 Å². The molecule has 3 aromatic rings. The Hall–Kier alpha value is -4.57. The van der Waals surface area contributed by atoms with Gasteiger partial charge in [0.1, 0.15) is 17.3 Å². The number of nitrogens with zero attached hydrogens (tertiary/aromatic N) is 2. The van der Waals surface area contributed by atoms with Crippen LogP contribution in [-0.2, 0) is 9.59 Å². The number of amides is 1. The van der Waals surface area contributed by atoms with Crippen LogP contribution in [0.4, 0.5) is 5.69 Å². The summed E-state index contributed by atoms with van der Waals surface area (Å²) in [7, 11) is 1.46. The second-order valence-corrected chi connectivity index (χ2v) is 8.27. The number of para-hydroxylation sites is 1. The van der Waals surface area contributed by atoms with Crippen molar-refractivity contribution in [3.63, 3.8) is 0 Å². The van der Waals surface area contributed by atoms with Gasteiger partial charge >= 0.3 is 0 Å². The summed E-state index contributed by atoms with van der Waals surface area (Å²) < 4.78 is 11.2. The molecule has 0 saturated carbocycles. The van der Waals surface area contributed by atoms with Gasteiger partial charge in [0.15, 0.2) is 0 Å². The average Bonchev–Trinajstić information content (AvgIpc) is 3.13. The predicted molar refractivity (Wildman–Crippen MR) is 131 cm³/mol. The average molecular weight is 469 g/mol. The molecule has 1 atom stereocenters. The number of aliphatic hydroxyl groups is 1. The molecule has 1 N–H and O–H groups in total. The monoisotopic (exact) mass is 468 g/mol. The lowest BCUT2D eigenvalue weighted by Crippen LogP contribution is -2.29. The largest absolute Gasteiger partial charge is 0.507 e. The molecule has 3 aromatic carbocycles. The number of ether oxygens (including phenoxy) is 2. The number of Topliss-reactive ketones (excluding diaryl/α,β-unsaturated/α-hetero) is 1. The Bertz CT molecular complexity index is 1350. The van der Waals surface area contributed by atoms with Gasteiger partial charge in [0.2, 0.25) is 0 Å². The second-order valence-electron chi connectivity index (χ2n) is 8.27. The third-order valence-corrected chi connectivity index (χ3v) is 5.63. The van der Waals surface area contributed by atoms with E-state index in [1.165, 1.54) is 12.0 Å². The molecular weight excluding hydrogens is 444 g/mol. The molecule has 7 nitrogen and oxygen atoms in total. The van der Waals surface area contributed by atoms with Crippen LogP contribution in [0.3, 0.4) is 0 Å². The van der Waals surface area contributed by atoms with E-state index in [1.54, 1.807) is 72.8 Å². The minimum atomic E-state index is -0.927. The number of carbonyl (C=O) groups excluding carboxylic acids is 2. The van der Waals surface area contributed by atoms with Crippen LogP contribution < -0.4 is 14.4 Å². The van der Waals surface area contributed by atoms with E-state index < -0.39 is 17.7 Å². The first kappa shape index (κ1) is 23.6. The Morgan fingerprint density at radius 1 is 1.03 bits per heavy atom. The van der Waals surface area contributed by atoms with E-state index in [9.17, 15) is 14.7 Å². The highest BCUT2D eigenvalue weighted by Gasteiger charge is 2.47. The van der Waals surface area contributed by atoms with Crippen LogP contribution in [-0.4, -0.2) is 30.0 Å². The maximum absolute atomic E-state index is 13.3. The van der Waals surface area contributed by atoms with Gasteiger partial charge in [0.25, 0.3) is 11.7 Å². The Labute approximate surface area is 203 Å². The van der Waals surface area contributed by atoms with Crippen LogP contribution in [0.1, 0.15) is 36.6 Å². The van der Waals surface area contributed by atoms with Crippen molar-refractivity contribution in [1.29, 1.82) is 5.26 Å². The van der Waals surface area contributed by atoms with E-state index in [4.69, 9.17) is 14.7 Å². The highest BCUT2D eigenvalue weighted by atomic mass is 16.5. The first-order chi connectivity index (χ1) is 16.8. The molecule has 35 heavy (non-hydrogen) atoms. The molecular formula is C28H24N2O5. The van der Waals surface area contributed by atoms with E-state index in [-0.39, 0.29) is 17.4 Å². The van der Waals surface area contributed by atoms with Crippen molar-refractivity contribution in [2.24, 2.45) is 0 Å². The van der Waals surface area contributed by atoms with E-state index in [1.807, 2.05) is 19.9 Å².